The molecule has 0 aliphatic rings. The smallest absolute Gasteiger partial charge is 0.299 e. The van der Waals surface area contributed by atoms with Crippen molar-refractivity contribution in [2.24, 2.45) is 11.5 Å². The molecule has 8 N–H and O–H groups in total. The summed E-state index contributed by atoms with van der Waals surface area (Å²) >= 11 is 2.92. The van der Waals surface area contributed by atoms with E-state index in [1.807, 2.05) is 13.8 Å². The van der Waals surface area contributed by atoms with Crippen molar-refractivity contribution in [3.63, 3.8) is 0 Å². The molecule has 0 saturated carbocycles. The molecule has 0 heterocycles. The highest BCUT2D eigenvalue weighted by Crippen LogP contribution is 2.10. The van der Waals surface area contributed by atoms with Gasteiger partial charge in [-0.3, -0.25) is 22.3 Å². The minimum atomic E-state index is -2.60. The first-order valence-electron chi connectivity index (χ1n) is 5.10. The molecule has 0 saturated heterocycles. The van der Waals surface area contributed by atoms with Crippen LogP contribution >= 0.6 is 32.1 Å². The van der Waals surface area contributed by atoms with Gasteiger partial charge >= 0.3 is 0 Å². The van der Waals surface area contributed by atoms with E-state index in [-0.39, 0.29) is 6.61 Å². The molecule has 0 spiro atoms. The summed E-state index contributed by atoms with van der Waals surface area (Å²) in [6.07, 6.45) is 0. The van der Waals surface area contributed by atoms with Gasteiger partial charge in [0.2, 0.25) is 0 Å². The molecule has 7 nitrogen and oxygen atoms in total. The fraction of sp³-hybridized carbons (Fsp3) is 0.750. The Morgan fingerprint density at radius 1 is 1.06 bits per heavy atom. The highest BCUT2D eigenvalue weighted by atomic mass is 32.2. The molecule has 0 atom stereocenters. The third-order valence-corrected chi connectivity index (χ3v) is 2.57. The van der Waals surface area contributed by atoms with Crippen LogP contribution in [0.2, 0.25) is 0 Å². The Bertz CT molecular complexity index is 195. The Hall–Kier alpha value is -0.0500. The van der Waals surface area contributed by atoms with Crippen molar-refractivity contribution >= 4 is 42.5 Å². The van der Waals surface area contributed by atoms with E-state index in [1.54, 1.807) is 6.92 Å². The van der Waals surface area contributed by atoms with Gasteiger partial charge in [-0.2, -0.15) is 8.60 Å². The molecule has 0 amide bonds. The Morgan fingerprint density at radius 2 is 1.39 bits per heavy atom. The molecule has 110 valence electrons. The second-order valence-corrected chi connectivity index (χ2v) is 5.69. The van der Waals surface area contributed by atoms with Crippen LogP contribution in [0.4, 0.5) is 0 Å². The van der Waals surface area contributed by atoms with E-state index in [0.29, 0.717) is 10.3 Å². The Kier molecular flexibility index (Phi) is 24.7. The van der Waals surface area contributed by atoms with Crippen molar-refractivity contribution < 1.29 is 25.1 Å². The first-order valence-corrected chi connectivity index (χ1v) is 8.16. The second-order valence-electron chi connectivity index (χ2n) is 2.31. The first-order chi connectivity index (χ1) is 8.31. The van der Waals surface area contributed by atoms with Crippen LogP contribution in [0.5, 0.6) is 0 Å². The number of nitrogens with two attached hydrogens (primary N) is 4. The maximum atomic E-state index is 9.41. The normalized spacial score (nSPS) is 8.78. The lowest BCUT2D eigenvalue weighted by atomic mass is 10.9. The molecule has 0 aromatic heterocycles. The lowest BCUT2D eigenvalue weighted by Gasteiger charge is -2.27. The Labute approximate surface area is 118 Å². The highest BCUT2D eigenvalue weighted by molar-refractivity contribution is 8.13. The van der Waals surface area contributed by atoms with Crippen molar-refractivity contribution in [1.29, 1.82) is 0 Å². The number of thioether (sulfide) groups is 2. The van der Waals surface area contributed by atoms with Crippen molar-refractivity contribution in [3.05, 3.63) is 0 Å². The van der Waals surface area contributed by atoms with Crippen molar-refractivity contribution in [1.82, 2.24) is 0 Å². The third kappa shape index (κ3) is 44.5. The van der Waals surface area contributed by atoms with Crippen LogP contribution in [0, 0.1) is 0 Å². The van der Waals surface area contributed by atoms with Gasteiger partial charge in [-0.1, -0.05) is 13.8 Å². The number of rotatable bonds is 4. The lowest BCUT2D eigenvalue weighted by Crippen LogP contribution is -2.43. The van der Waals surface area contributed by atoms with E-state index in [9.17, 15) is 9.79 Å². The maximum Gasteiger partial charge on any atom is 0.299 e. The number of hydrogen-bond donors (Lipinski definition) is 4. The van der Waals surface area contributed by atoms with E-state index >= 15 is 0 Å². The van der Waals surface area contributed by atoms with E-state index in [1.165, 1.54) is 23.5 Å². The summed E-state index contributed by atoms with van der Waals surface area (Å²) < 4.78 is 4.00. The third-order valence-electron chi connectivity index (χ3n) is 0.857. The average molecular weight is 318 g/mol. The second kappa shape index (κ2) is 19.3. The molecule has 0 radical (unpaired) electrons. The zero-order valence-corrected chi connectivity index (χ0v) is 13.4. The van der Waals surface area contributed by atoms with Gasteiger partial charge < -0.3 is 14.3 Å². The predicted molar refractivity (Wildman–Crippen MR) is 77.0 cm³/mol. The molecular formula is C8H23N4O3PS2. The molecule has 0 fully saturated rings. The Balaban J connectivity index is -0.000000187. The van der Waals surface area contributed by atoms with Crippen LogP contribution in [-0.2, 0) is 4.52 Å². The fourth-order valence-electron chi connectivity index (χ4n) is 0.439. The quantitative estimate of drug-likeness (QED) is 0.239. The molecule has 0 aromatic rings. The summed E-state index contributed by atoms with van der Waals surface area (Å²) in [4.78, 5) is 18.8. The Morgan fingerprint density at radius 3 is 1.39 bits per heavy atom. The van der Waals surface area contributed by atoms with Gasteiger partial charge in [0.1, 0.15) is 0 Å². The van der Waals surface area contributed by atoms with Gasteiger partial charge in [-0.05, 0) is 30.4 Å². The molecule has 18 heavy (non-hydrogen) atoms. The van der Waals surface area contributed by atoms with Crippen LogP contribution in [0.25, 0.3) is 0 Å². The monoisotopic (exact) mass is 318 g/mol. The van der Waals surface area contributed by atoms with Gasteiger partial charge in [-0.15, -0.1) is 0 Å². The van der Waals surface area contributed by atoms with E-state index in [4.69, 9.17) is 22.3 Å². The molecule has 0 unspecified atom stereocenters. The fourth-order valence-corrected chi connectivity index (χ4v) is 1.32. The average Bonchev–Trinajstić information content (AvgIpc) is 2.18. The summed E-state index contributed by atoms with van der Waals surface area (Å²) in [5.41, 5.74) is 10.1. The van der Waals surface area contributed by atoms with Crippen LogP contribution in [-0.4, -0.2) is 28.4 Å². The molecule has 10 heteroatoms. The van der Waals surface area contributed by atoms with Crippen LogP contribution in [0.1, 0.15) is 20.8 Å². The SMILES string of the molecule is CCOP([O-])[O-].CCSC(N)=[NH2+].CCSC(N)=[NH2+]. The number of hydrogen-bond acceptors (Lipinski definition) is 5. The molecule has 0 aliphatic carbocycles. The van der Waals surface area contributed by atoms with Crippen LogP contribution < -0.4 is 32.1 Å². The molecule has 0 rings (SSSR count). The van der Waals surface area contributed by atoms with Gasteiger partial charge in [0.15, 0.2) is 0 Å². The molecular weight excluding hydrogens is 295 g/mol. The predicted octanol–water partition coefficient (Wildman–Crippen LogP) is -3.40. The topological polar surface area (TPSA) is 159 Å². The zero-order valence-electron chi connectivity index (χ0n) is 10.9. The lowest BCUT2D eigenvalue weighted by molar-refractivity contribution is -0.317. The van der Waals surface area contributed by atoms with E-state index in [2.05, 4.69) is 4.52 Å². The maximum absolute atomic E-state index is 9.41. The molecule has 0 aliphatic heterocycles. The molecule has 0 bridgehead atoms. The summed E-state index contributed by atoms with van der Waals surface area (Å²) in [5, 5.41) is 11.0. The van der Waals surface area contributed by atoms with Crippen LogP contribution in [0.3, 0.4) is 0 Å². The van der Waals surface area contributed by atoms with E-state index < -0.39 is 8.60 Å². The summed E-state index contributed by atoms with van der Waals surface area (Å²) in [6, 6.07) is 0. The minimum absolute atomic E-state index is 0.235. The van der Waals surface area contributed by atoms with E-state index in [0.717, 1.165) is 11.5 Å². The van der Waals surface area contributed by atoms with Gasteiger partial charge in [-0.25, -0.2) is 0 Å². The van der Waals surface area contributed by atoms with Gasteiger partial charge in [0.25, 0.3) is 10.3 Å². The zero-order chi connectivity index (χ0) is 15.0. The largest absolute Gasteiger partial charge is 0.820 e. The standard InChI is InChI=1S/2C3H8N2S.C2H5O3P/c2*1-2-6-3(4)5;1-2-5-6(3)4/h2*2H2,1H3,(H3,4,5);2H2,1H3/q;;-2/p+2. The minimum Gasteiger partial charge on any atom is -0.820 e. The van der Waals surface area contributed by atoms with Crippen molar-refractivity contribution in [2.45, 2.75) is 20.8 Å². The van der Waals surface area contributed by atoms with Gasteiger partial charge in [0.05, 0.1) is 0 Å². The van der Waals surface area contributed by atoms with Gasteiger partial charge in [0, 0.05) is 18.1 Å². The first kappa shape index (κ1) is 23.1. The summed E-state index contributed by atoms with van der Waals surface area (Å²) in [5.74, 6) is 1.92. The molecule has 0 aromatic carbocycles. The van der Waals surface area contributed by atoms with Crippen molar-refractivity contribution in [3.8, 4) is 0 Å². The summed E-state index contributed by atoms with van der Waals surface area (Å²) in [7, 11) is -2.60. The van der Waals surface area contributed by atoms with Crippen molar-refractivity contribution in [2.75, 3.05) is 18.1 Å². The highest BCUT2D eigenvalue weighted by Gasteiger charge is 1.87. The number of amidine groups is 2. The van der Waals surface area contributed by atoms with Crippen LogP contribution in [0.15, 0.2) is 0 Å². The summed E-state index contributed by atoms with van der Waals surface area (Å²) in [6.45, 7) is 5.86.